The largest absolute Gasteiger partial charge is 0.336 e. The lowest BCUT2D eigenvalue weighted by molar-refractivity contribution is 0.0697. The zero-order valence-electron chi connectivity index (χ0n) is 15.4. The van der Waals surface area contributed by atoms with Crippen LogP contribution in [-0.2, 0) is 10.0 Å². The number of hydrogen-bond donors (Lipinski definition) is 0. The topological polar surface area (TPSA) is 57.7 Å². The van der Waals surface area contributed by atoms with Crippen LogP contribution in [0.2, 0.25) is 0 Å². The van der Waals surface area contributed by atoms with E-state index in [9.17, 15) is 13.2 Å². The van der Waals surface area contributed by atoms with E-state index in [1.807, 2.05) is 57.2 Å². The molecule has 138 valence electrons. The third kappa shape index (κ3) is 3.52. The molecule has 1 amide bonds. The fourth-order valence-corrected chi connectivity index (χ4v) is 4.97. The monoisotopic (exact) mass is 372 g/mol. The van der Waals surface area contributed by atoms with Gasteiger partial charge in [0.1, 0.15) is 0 Å². The molecule has 0 unspecified atom stereocenters. The molecule has 1 aliphatic rings. The molecule has 0 spiro atoms. The van der Waals surface area contributed by atoms with Gasteiger partial charge >= 0.3 is 0 Å². The SMILES string of the molecule is Cc1ccc(C)c(S(=O)(=O)N2CCN(C(=O)c3ccccc3C)CC2)c1. The van der Waals surface area contributed by atoms with Gasteiger partial charge < -0.3 is 4.90 Å². The van der Waals surface area contributed by atoms with Crippen molar-refractivity contribution in [3.05, 3.63) is 64.7 Å². The number of piperazine rings is 1. The highest BCUT2D eigenvalue weighted by Gasteiger charge is 2.31. The molecular formula is C20H24N2O3S. The number of carbonyl (C=O) groups is 1. The quantitative estimate of drug-likeness (QED) is 0.832. The molecule has 0 bridgehead atoms. The summed E-state index contributed by atoms with van der Waals surface area (Å²) in [6.07, 6.45) is 0. The summed E-state index contributed by atoms with van der Waals surface area (Å²) in [6, 6.07) is 12.9. The molecule has 3 rings (SSSR count). The molecule has 5 nitrogen and oxygen atoms in total. The lowest BCUT2D eigenvalue weighted by Gasteiger charge is -2.34. The average Bonchev–Trinajstić information content (AvgIpc) is 2.63. The van der Waals surface area contributed by atoms with Gasteiger partial charge in [0.25, 0.3) is 5.91 Å². The standard InChI is InChI=1S/C20H24N2O3S/c1-15-8-9-17(3)19(14-15)26(24,25)22-12-10-21(11-13-22)20(23)18-7-5-4-6-16(18)2/h4-9,14H,10-13H2,1-3H3. The Hall–Kier alpha value is -2.18. The Morgan fingerprint density at radius 1 is 0.885 bits per heavy atom. The Balaban J connectivity index is 1.75. The highest BCUT2D eigenvalue weighted by molar-refractivity contribution is 7.89. The van der Waals surface area contributed by atoms with Crippen LogP contribution in [0.15, 0.2) is 47.4 Å². The van der Waals surface area contributed by atoms with Crippen molar-refractivity contribution in [2.45, 2.75) is 25.7 Å². The molecule has 2 aromatic carbocycles. The number of rotatable bonds is 3. The molecule has 26 heavy (non-hydrogen) atoms. The summed E-state index contributed by atoms with van der Waals surface area (Å²) in [5, 5.41) is 0. The molecule has 0 aliphatic carbocycles. The van der Waals surface area contributed by atoms with E-state index in [-0.39, 0.29) is 5.91 Å². The van der Waals surface area contributed by atoms with Gasteiger partial charge in [-0.15, -0.1) is 0 Å². The van der Waals surface area contributed by atoms with Crippen LogP contribution >= 0.6 is 0 Å². The summed E-state index contributed by atoms with van der Waals surface area (Å²) < 4.78 is 27.4. The van der Waals surface area contributed by atoms with Crippen molar-refractivity contribution in [1.29, 1.82) is 0 Å². The van der Waals surface area contributed by atoms with Gasteiger partial charge in [0, 0.05) is 31.7 Å². The van der Waals surface area contributed by atoms with E-state index in [2.05, 4.69) is 0 Å². The summed E-state index contributed by atoms with van der Waals surface area (Å²) in [4.78, 5) is 14.8. The first kappa shape index (κ1) is 18.6. The van der Waals surface area contributed by atoms with Crippen molar-refractivity contribution in [2.24, 2.45) is 0 Å². The smallest absolute Gasteiger partial charge is 0.254 e. The van der Waals surface area contributed by atoms with E-state index in [4.69, 9.17) is 0 Å². The predicted molar refractivity (Wildman–Crippen MR) is 102 cm³/mol. The van der Waals surface area contributed by atoms with Crippen molar-refractivity contribution in [1.82, 2.24) is 9.21 Å². The third-order valence-corrected chi connectivity index (χ3v) is 6.90. The molecule has 1 heterocycles. The van der Waals surface area contributed by atoms with E-state index < -0.39 is 10.0 Å². The van der Waals surface area contributed by atoms with Gasteiger partial charge in [-0.05, 0) is 49.6 Å². The van der Waals surface area contributed by atoms with Crippen molar-refractivity contribution >= 4 is 15.9 Å². The van der Waals surface area contributed by atoms with Crippen LogP contribution in [0, 0.1) is 20.8 Å². The van der Waals surface area contributed by atoms with Crippen molar-refractivity contribution in [3.8, 4) is 0 Å². The van der Waals surface area contributed by atoms with Crippen molar-refractivity contribution in [2.75, 3.05) is 26.2 Å². The minimum Gasteiger partial charge on any atom is -0.336 e. The van der Waals surface area contributed by atoms with Crippen LogP contribution in [0.5, 0.6) is 0 Å². The van der Waals surface area contributed by atoms with Crippen LogP contribution in [0.3, 0.4) is 0 Å². The van der Waals surface area contributed by atoms with Gasteiger partial charge in [0.15, 0.2) is 0 Å². The molecule has 0 radical (unpaired) electrons. The lowest BCUT2D eigenvalue weighted by atomic mass is 10.1. The van der Waals surface area contributed by atoms with Gasteiger partial charge in [0.05, 0.1) is 4.90 Å². The van der Waals surface area contributed by atoms with Crippen LogP contribution in [0.1, 0.15) is 27.0 Å². The summed E-state index contributed by atoms with van der Waals surface area (Å²) in [5.41, 5.74) is 3.28. The molecule has 1 fully saturated rings. The number of sulfonamides is 1. The summed E-state index contributed by atoms with van der Waals surface area (Å²) in [7, 11) is -3.54. The number of carbonyl (C=O) groups excluding carboxylic acids is 1. The van der Waals surface area contributed by atoms with Crippen molar-refractivity contribution < 1.29 is 13.2 Å². The normalized spacial score (nSPS) is 15.9. The molecule has 6 heteroatoms. The van der Waals surface area contributed by atoms with Crippen LogP contribution in [-0.4, -0.2) is 49.7 Å². The van der Waals surface area contributed by atoms with E-state index in [1.165, 1.54) is 4.31 Å². The zero-order chi connectivity index (χ0) is 18.9. The number of amides is 1. The Kier molecular flexibility index (Phi) is 5.16. The second-order valence-corrected chi connectivity index (χ2v) is 8.69. The fourth-order valence-electron chi connectivity index (χ4n) is 3.24. The zero-order valence-corrected chi connectivity index (χ0v) is 16.2. The maximum absolute atomic E-state index is 13.0. The first-order valence-corrected chi connectivity index (χ1v) is 10.2. The second-order valence-electron chi connectivity index (χ2n) is 6.78. The summed E-state index contributed by atoms with van der Waals surface area (Å²) in [6.45, 7) is 7.03. The van der Waals surface area contributed by atoms with Crippen LogP contribution < -0.4 is 0 Å². The Bertz CT molecular complexity index is 930. The van der Waals surface area contributed by atoms with Gasteiger partial charge in [-0.2, -0.15) is 4.31 Å². The molecule has 1 saturated heterocycles. The van der Waals surface area contributed by atoms with E-state index in [0.29, 0.717) is 36.6 Å². The maximum Gasteiger partial charge on any atom is 0.254 e. The maximum atomic E-state index is 13.0. The number of hydrogen-bond acceptors (Lipinski definition) is 3. The Morgan fingerprint density at radius 3 is 2.19 bits per heavy atom. The molecular weight excluding hydrogens is 348 g/mol. The number of benzene rings is 2. The van der Waals surface area contributed by atoms with E-state index >= 15 is 0 Å². The number of aryl methyl sites for hydroxylation is 3. The van der Waals surface area contributed by atoms with Gasteiger partial charge in [0.2, 0.25) is 10.0 Å². The first-order valence-electron chi connectivity index (χ1n) is 8.73. The van der Waals surface area contributed by atoms with Gasteiger partial charge in [-0.1, -0.05) is 30.3 Å². The summed E-state index contributed by atoms with van der Waals surface area (Å²) >= 11 is 0. The van der Waals surface area contributed by atoms with Crippen LogP contribution in [0.25, 0.3) is 0 Å². The molecule has 0 N–H and O–H groups in total. The molecule has 0 saturated carbocycles. The minimum atomic E-state index is -3.54. The molecule has 0 aromatic heterocycles. The average molecular weight is 372 g/mol. The predicted octanol–water partition coefficient (Wildman–Crippen LogP) is 2.76. The van der Waals surface area contributed by atoms with Crippen molar-refractivity contribution in [3.63, 3.8) is 0 Å². The second kappa shape index (κ2) is 7.21. The molecule has 1 aliphatic heterocycles. The highest BCUT2D eigenvalue weighted by atomic mass is 32.2. The van der Waals surface area contributed by atoms with Gasteiger partial charge in [-0.25, -0.2) is 8.42 Å². The third-order valence-electron chi connectivity index (χ3n) is 4.86. The van der Waals surface area contributed by atoms with E-state index in [1.54, 1.807) is 11.0 Å². The first-order chi connectivity index (χ1) is 12.3. The Morgan fingerprint density at radius 2 is 1.54 bits per heavy atom. The van der Waals surface area contributed by atoms with E-state index in [0.717, 1.165) is 16.7 Å². The fraction of sp³-hybridized carbons (Fsp3) is 0.350. The molecule has 2 aromatic rings. The lowest BCUT2D eigenvalue weighted by Crippen LogP contribution is -2.50. The summed E-state index contributed by atoms with van der Waals surface area (Å²) in [5.74, 6) is -0.0353. The minimum absolute atomic E-state index is 0.0353. The molecule has 0 atom stereocenters. The van der Waals surface area contributed by atoms with Gasteiger partial charge in [-0.3, -0.25) is 4.79 Å². The Labute approximate surface area is 155 Å². The number of nitrogens with zero attached hydrogens (tertiary/aromatic N) is 2. The van der Waals surface area contributed by atoms with Crippen LogP contribution in [0.4, 0.5) is 0 Å². The highest BCUT2D eigenvalue weighted by Crippen LogP contribution is 2.23.